The summed E-state index contributed by atoms with van der Waals surface area (Å²) in [5, 5.41) is 9.04. The van der Waals surface area contributed by atoms with Crippen molar-refractivity contribution in [3.05, 3.63) is 29.8 Å². The number of benzene rings is 1. The van der Waals surface area contributed by atoms with Gasteiger partial charge in [-0.25, -0.2) is 0 Å². The van der Waals surface area contributed by atoms with Gasteiger partial charge in [0.25, 0.3) is 5.91 Å². The summed E-state index contributed by atoms with van der Waals surface area (Å²) >= 11 is 0. The Hall–Kier alpha value is -2.25. The first-order valence-corrected chi connectivity index (χ1v) is 7.54. The van der Waals surface area contributed by atoms with Gasteiger partial charge in [0.1, 0.15) is 5.75 Å². The molecule has 0 bridgehead atoms. The maximum atomic E-state index is 13.0. The first-order valence-electron chi connectivity index (χ1n) is 7.54. The fraction of sp³-hybridized carbons (Fsp3) is 0.500. The van der Waals surface area contributed by atoms with Gasteiger partial charge in [-0.3, -0.25) is 9.59 Å². The number of ether oxygens (including phenoxy) is 1. The number of carboxylic acids is 1. The number of carboxylic acid groups (broad SMARTS) is 1. The number of amides is 1. The minimum atomic E-state index is -4.58. The molecule has 8 heteroatoms. The summed E-state index contributed by atoms with van der Waals surface area (Å²) in [6.45, 7) is 1.78. The minimum Gasteiger partial charge on any atom is -0.481 e. The van der Waals surface area contributed by atoms with Crippen LogP contribution >= 0.6 is 0 Å². The first kappa shape index (κ1) is 18.1. The van der Waals surface area contributed by atoms with Gasteiger partial charge in [-0.2, -0.15) is 13.2 Å². The van der Waals surface area contributed by atoms with Crippen LogP contribution in [0.3, 0.4) is 0 Å². The molecule has 5 nitrogen and oxygen atoms in total. The fourth-order valence-electron chi connectivity index (χ4n) is 2.68. The van der Waals surface area contributed by atoms with Crippen molar-refractivity contribution in [1.82, 2.24) is 4.90 Å². The molecule has 0 aromatic heterocycles. The van der Waals surface area contributed by atoms with Crippen LogP contribution in [-0.4, -0.2) is 41.1 Å². The van der Waals surface area contributed by atoms with Gasteiger partial charge in [0.2, 0.25) is 0 Å². The lowest BCUT2D eigenvalue weighted by Crippen LogP contribution is -2.47. The van der Waals surface area contributed by atoms with Crippen molar-refractivity contribution in [2.75, 3.05) is 13.1 Å². The number of rotatable bonds is 4. The van der Waals surface area contributed by atoms with Crippen molar-refractivity contribution >= 4 is 11.9 Å². The molecule has 0 saturated carbocycles. The summed E-state index contributed by atoms with van der Waals surface area (Å²) in [5.74, 6) is -2.57. The Morgan fingerprint density at radius 2 is 2.00 bits per heavy atom. The summed E-state index contributed by atoms with van der Waals surface area (Å²) in [4.78, 5) is 24.7. The van der Waals surface area contributed by atoms with Gasteiger partial charge in [0.15, 0.2) is 6.10 Å². The van der Waals surface area contributed by atoms with Gasteiger partial charge >= 0.3 is 12.1 Å². The number of alkyl halides is 3. The highest BCUT2D eigenvalue weighted by molar-refractivity contribution is 5.82. The Balaban J connectivity index is 2.09. The molecule has 2 atom stereocenters. The van der Waals surface area contributed by atoms with Crippen LogP contribution in [-0.2, 0) is 15.8 Å². The van der Waals surface area contributed by atoms with E-state index >= 15 is 0 Å². The number of hydrogen-bond acceptors (Lipinski definition) is 3. The minimum absolute atomic E-state index is 0.0444. The Morgan fingerprint density at radius 1 is 1.33 bits per heavy atom. The van der Waals surface area contributed by atoms with Crippen LogP contribution in [0.25, 0.3) is 0 Å². The van der Waals surface area contributed by atoms with E-state index in [-0.39, 0.29) is 6.54 Å². The number of nitrogens with zero attached hydrogens (tertiary/aromatic N) is 1. The second kappa shape index (κ2) is 7.11. The standard InChI is InChI=1S/C16H18F3NO4/c1-10(14(21)20-8-4-5-11(9-20)15(22)23)24-13-7-3-2-6-12(13)16(17,18)19/h2-3,6-7,10-11H,4-5,8-9H2,1H3,(H,22,23)/t10?,11-/m0/s1. The number of halogens is 3. The lowest BCUT2D eigenvalue weighted by atomic mass is 9.98. The number of para-hydroxylation sites is 1. The molecular weight excluding hydrogens is 327 g/mol. The zero-order valence-electron chi connectivity index (χ0n) is 13.0. The Morgan fingerprint density at radius 3 is 2.62 bits per heavy atom. The zero-order chi connectivity index (χ0) is 17.9. The average Bonchev–Trinajstić information content (AvgIpc) is 2.53. The van der Waals surface area contributed by atoms with E-state index in [1.165, 1.54) is 24.0 Å². The van der Waals surface area contributed by atoms with Crippen molar-refractivity contribution in [2.24, 2.45) is 5.92 Å². The van der Waals surface area contributed by atoms with Crippen LogP contribution in [0.5, 0.6) is 5.75 Å². The molecular formula is C16H18F3NO4. The third-order valence-corrected chi connectivity index (χ3v) is 3.93. The van der Waals surface area contributed by atoms with Crippen molar-refractivity contribution in [3.8, 4) is 5.75 Å². The Kier molecular flexibility index (Phi) is 5.36. The van der Waals surface area contributed by atoms with Crippen LogP contribution in [0.15, 0.2) is 24.3 Å². The lowest BCUT2D eigenvalue weighted by Gasteiger charge is -2.32. The Labute approximate surface area is 137 Å². The first-order chi connectivity index (χ1) is 11.2. The zero-order valence-corrected chi connectivity index (χ0v) is 13.0. The van der Waals surface area contributed by atoms with Gasteiger partial charge < -0.3 is 14.7 Å². The number of aliphatic carboxylic acids is 1. The summed E-state index contributed by atoms with van der Waals surface area (Å²) < 4.78 is 44.1. The molecule has 0 aliphatic carbocycles. The number of likely N-dealkylation sites (tertiary alicyclic amines) is 1. The quantitative estimate of drug-likeness (QED) is 0.911. The van der Waals surface area contributed by atoms with Crippen LogP contribution in [0.2, 0.25) is 0 Å². The second-order valence-corrected chi connectivity index (χ2v) is 5.72. The molecule has 1 unspecified atom stereocenters. The molecule has 1 aromatic carbocycles. The predicted molar refractivity (Wildman–Crippen MR) is 78.5 cm³/mol. The molecule has 1 aromatic rings. The third-order valence-electron chi connectivity index (χ3n) is 3.93. The van der Waals surface area contributed by atoms with Crippen LogP contribution in [0, 0.1) is 5.92 Å². The van der Waals surface area contributed by atoms with E-state index in [1.807, 2.05) is 0 Å². The fourth-order valence-corrected chi connectivity index (χ4v) is 2.68. The molecule has 1 heterocycles. The Bertz CT molecular complexity index is 618. The highest BCUT2D eigenvalue weighted by atomic mass is 19.4. The summed E-state index contributed by atoms with van der Waals surface area (Å²) in [7, 11) is 0. The van der Waals surface area contributed by atoms with E-state index in [0.717, 1.165) is 12.1 Å². The molecule has 1 aliphatic heterocycles. The molecule has 0 radical (unpaired) electrons. The van der Waals surface area contributed by atoms with Crippen LogP contribution in [0.4, 0.5) is 13.2 Å². The number of carbonyl (C=O) groups excluding carboxylic acids is 1. The van der Waals surface area contributed by atoms with E-state index < -0.39 is 41.4 Å². The maximum absolute atomic E-state index is 13.0. The highest BCUT2D eigenvalue weighted by Gasteiger charge is 2.36. The van der Waals surface area contributed by atoms with E-state index in [1.54, 1.807) is 0 Å². The van der Waals surface area contributed by atoms with Gasteiger partial charge in [-0.15, -0.1) is 0 Å². The molecule has 1 amide bonds. The van der Waals surface area contributed by atoms with Crippen molar-refractivity contribution in [2.45, 2.75) is 32.0 Å². The van der Waals surface area contributed by atoms with Gasteiger partial charge in [-0.05, 0) is 31.9 Å². The summed E-state index contributed by atoms with van der Waals surface area (Å²) in [5.41, 5.74) is -0.952. The maximum Gasteiger partial charge on any atom is 0.419 e. The smallest absolute Gasteiger partial charge is 0.419 e. The van der Waals surface area contributed by atoms with Crippen LogP contribution < -0.4 is 4.74 Å². The molecule has 24 heavy (non-hydrogen) atoms. The van der Waals surface area contributed by atoms with Crippen molar-refractivity contribution in [3.63, 3.8) is 0 Å². The molecule has 1 saturated heterocycles. The molecule has 0 spiro atoms. The van der Waals surface area contributed by atoms with Gasteiger partial charge in [-0.1, -0.05) is 12.1 Å². The molecule has 2 rings (SSSR count). The number of hydrogen-bond donors (Lipinski definition) is 1. The molecule has 1 fully saturated rings. The molecule has 132 valence electrons. The monoisotopic (exact) mass is 345 g/mol. The van der Waals surface area contributed by atoms with Crippen LogP contribution in [0.1, 0.15) is 25.3 Å². The lowest BCUT2D eigenvalue weighted by molar-refractivity contribution is -0.149. The van der Waals surface area contributed by atoms with Gasteiger partial charge in [0.05, 0.1) is 11.5 Å². The summed E-state index contributed by atoms with van der Waals surface area (Å²) in [6.07, 6.45) is -4.71. The number of piperidine rings is 1. The van der Waals surface area contributed by atoms with E-state index in [9.17, 15) is 22.8 Å². The molecule has 1 N–H and O–H groups in total. The number of carbonyl (C=O) groups is 2. The molecule has 1 aliphatic rings. The van der Waals surface area contributed by atoms with Crippen molar-refractivity contribution in [1.29, 1.82) is 0 Å². The van der Waals surface area contributed by atoms with E-state index in [2.05, 4.69) is 0 Å². The van der Waals surface area contributed by atoms with E-state index in [0.29, 0.717) is 19.4 Å². The topological polar surface area (TPSA) is 66.8 Å². The largest absolute Gasteiger partial charge is 0.481 e. The normalized spacial score (nSPS) is 19.7. The summed E-state index contributed by atoms with van der Waals surface area (Å²) in [6, 6.07) is 4.67. The van der Waals surface area contributed by atoms with Gasteiger partial charge in [0, 0.05) is 13.1 Å². The SMILES string of the molecule is CC(Oc1ccccc1C(F)(F)F)C(=O)N1CCC[C@H](C(=O)O)C1. The predicted octanol–water partition coefficient (Wildman–Crippen LogP) is 2.80. The second-order valence-electron chi connectivity index (χ2n) is 5.72. The van der Waals surface area contributed by atoms with E-state index in [4.69, 9.17) is 9.84 Å². The average molecular weight is 345 g/mol. The highest BCUT2D eigenvalue weighted by Crippen LogP contribution is 2.36. The third kappa shape index (κ3) is 4.18. The van der Waals surface area contributed by atoms with Crippen molar-refractivity contribution < 1.29 is 32.6 Å².